The Morgan fingerprint density at radius 2 is 1.77 bits per heavy atom. The number of azo groups is 1. The molecule has 4 rings (SSSR count). The zero-order chi connectivity index (χ0) is 25.2. The van der Waals surface area contributed by atoms with Crippen LogP contribution in [0.2, 0.25) is 0 Å². The third-order valence-corrected chi connectivity index (χ3v) is 6.84. The first-order chi connectivity index (χ1) is 16.6. The average Bonchev–Trinajstić information content (AvgIpc) is 3.37. The molecule has 0 radical (unpaired) electrons. The molecular formula is C20H18N8O5S2. The second-order valence-electron chi connectivity index (χ2n) is 7.28. The quantitative estimate of drug-likeness (QED) is 0.205. The van der Waals surface area contributed by atoms with Gasteiger partial charge in [-0.3, -0.25) is 14.3 Å². The minimum absolute atomic E-state index is 0.0386. The van der Waals surface area contributed by atoms with Gasteiger partial charge in [-0.15, -0.1) is 10.2 Å². The fourth-order valence-electron chi connectivity index (χ4n) is 2.97. The molecule has 0 aliphatic rings. The van der Waals surface area contributed by atoms with Crippen molar-refractivity contribution in [2.75, 3.05) is 10.0 Å². The third-order valence-electron chi connectivity index (χ3n) is 4.60. The van der Waals surface area contributed by atoms with Gasteiger partial charge in [-0.25, -0.2) is 13.2 Å². The third kappa shape index (κ3) is 5.64. The number of aryl methyl sites for hydroxylation is 1. The number of aromatic nitrogens is 4. The standard InChI is InChI=1S/C20H18N8O5S2/c1-10(29)17(18(30)21-13-5-8-15-16(9-13)23-19(31)22-15)26-25-12-3-6-14(7-4-12)35(32,33)28-20-27-24-11(2)34-20/h3-9,17H,1-2H3,(H,21,30)(H,27,28)(H2,22,23,31). The minimum atomic E-state index is -3.88. The lowest BCUT2D eigenvalue weighted by molar-refractivity contribution is -0.126. The van der Waals surface area contributed by atoms with E-state index in [1.54, 1.807) is 19.1 Å². The molecule has 35 heavy (non-hydrogen) atoms. The number of H-pyrrole nitrogens is 2. The molecule has 0 aliphatic heterocycles. The Bertz CT molecular complexity index is 1600. The topological polar surface area (TPSA) is 191 Å². The maximum atomic E-state index is 12.6. The molecule has 1 atom stereocenters. The van der Waals surface area contributed by atoms with Gasteiger partial charge < -0.3 is 15.3 Å². The highest BCUT2D eigenvalue weighted by molar-refractivity contribution is 7.93. The van der Waals surface area contributed by atoms with E-state index in [-0.39, 0.29) is 21.4 Å². The van der Waals surface area contributed by atoms with Crippen LogP contribution in [-0.4, -0.2) is 46.3 Å². The van der Waals surface area contributed by atoms with Crippen LogP contribution in [-0.2, 0) is 19.6 Å². The molecular weight excluding hydrogens is 496 g/mol. The van der Waals surface area contributed by atoms with Gasteiger partial charge in [-0.05, 0) is 56.3 Å². The van der Waals surface area contributed by atoms with E-state index in [1.165, 1.54) is 37.3 Å². The van der Waals surface area contributed by atoms with Gasteiger partial charge in [0.25, 0.3) is 15.9 Å². The number of nitrogens with one attached hydrogen (secondary N) is 4. The lowest BCUT2D eigenvalue weighted by Crippen LogP contribution is -2.31. The van der Waals surface area contributed by atoms with Gasteiger partial charge >= 0.3 is 5.69 Å². The van der Waals surface area contributed by atoms with E-state index in [0.29, 0.717) is 21.7 Å². The molecule has 2 aromatic heterocycles. The summed E-state index contributed by atoms with van der Waals surface area (Å²) in [6.07, 6.45) is 0. The molecule has 0 fully saturated rings. The van der Waals surface area contributed by atoms with E-state index in [4.69, 9.17) is 0 Å². The van der Waals surface area contributed by atoms with Crippen LogP contribution in [0.25, 0.3) is 11.0 Å². The minimum Gasteiger partial charge on any atom is -0.324 e. The van der Waals surface area contributed by atoms with Gasteiger partial charge in [0.2, 0.25) is 11.2 Å². The van der Waals surface area contributed by atoms with Crippen LogP contribution < -0.4 is 15.7 Å². The van der Waals surface area contributed by atoms with Crippen molar-refractivity contribution in [3.63, 3.8) is 0 Å². The number of benzene rings is 2. The molecule has 180 valence electrons. The number of carbonyl (C=O) groups excluding carboxylic acids is 2. The molecule has 2 aromatic carbocycles. The number of hydrogen-bond donors (Lipinski definition) is 4. The molecule has 1 amide bonds. The molecule has 0 aliphatic carbocycles. The van der Waals surface area contributed by atoms with E-state index in [1.807, 2.05) is 0 Å². The number of fused-ring (bicyclic) bond motifs is 1. The van der Waals surface area contributed by atoms with Gasteiger partial charge in [-0.2, -0.15) is 10.2 Å². The number of imidazole rings is 1. The highest BCUT2D eigenvalue weighted by Crippen LogP contribution is 2.22. The number of nitrogens with zero attached hydrogens (tertiary/aromatic N) is 4. The Morgan fingerprint density at radius 3 is 2.43 bits per heavy atom. The van der Waals surface area contributed by atoms with Crippen LogP contribution >= 0.6 is 11.3 Å². The Hall–Kier alpha value is -4.24. The van der Waals surface area contributed by atoms with Crippen molar-refractivity contribution in [1.29, 1.82) is 0 Å². The molecule has 1 unspecified atom stereocenters. The highest BCUT2D eigenvalue weighted by Gasteiger charge is 2.23. The Morgan fingerprint density at radius 1 is 1.06 bits per heavy atom. The van der Waals surface area contributed by atoms with Gasteiger partial charge in [0, 0.05) is 5.69 Å². The van der Waals surface area contributed by atoms with Crippen molar-refractivity contribution in [3.8, 4) is 0 Å². The van der Waals surface area contributed by atoms with Crippen LogP contribution in [0.4, 0.5) is 16.5 Å². The normalized spacial score (nSPS) is 12.6. The zero-order valence-corrected chi connectivity index (χ0v) is 19.9. The highest BCUT2D eigenvalue weighted by atomic mass is 32.2. The Labute approximate surface area is 201 Å². The first kappa shape index (κ1) is 23.9. The summed E-state index contributed by atoms with van der Waals surface area (Å²) in [7, 11) is -3.88. The molecule has 4 N–H and O–H groups in total. The number of anilines is 2. The number of Topliss-reactive ketones (excluding diaryl/α,β-unsaturated/α-hetero) is 1. The fraction of sp³-hybridized carbons (Fsp3) is 0.150. The van der Waals surface area contributed by atoms with Crippen molar-refractivity contribution in [1.82, 2.24) is 20.2 Å². The lowest BCUT2D eigenvalue weighted by Gasteiger charge is -2.09. The first-order valence-electron chi connectivity index (χ1n) is 9.98. The van der Waals surface area contributed by atoms with E-state index in [9.17, 15) is 22.8 Å². The van der Waals surface area contributed by atoms with Crippen LogP contribution in [0.15, 0.2) is 62.4 Å². The molecule has 0 bridgehead atoms. The number of sulfonamides is 1. The van der Waals surface area contributed by atoms with Gasteiger partial charge in [0.15, 0.2) is 5.78 Å². The summed E-state index contributed by atoms with van der Waals surface area (Å²) in [6, 6.07) is 8.65. The number of hydrogen-bond acceptors (Lipinski definition) is 10. The zero-order valence-electron chi connectivity index (χ0n) is 18.3. The van der Waals surface area contributed by atoms with Crippen LogP contribution in [0.1, 0.15) is 11.9 Å². The molecule has 15 heteroatoms. The molecule has 0 saturated carbocycles. The summed E-state index contributed by atoms with van der Waals surface area (Å²) in [6.45, 7) is 2.90. The lowest BCUT2D eigenvalue weighted by atomic mass is 10.2. The van der Waals surface area contributed by atoms with Crippen LogP contribution in [0.5, 0.6) is 0 Å². The molecule has 0 saturated heterocycles. The maximum absolute atomic E-state index is 12.6. The summed E-state index contributed by atoms with van der Waals surface area (Å²) in [4.78, 5) is 41.1. The molecule has 2 heterocycles. The summed E-state index contributed by atoms with van der Waals surface area (Å²) < 4.78 is 27.3. The largest absolute Gasteiger partial charge is 0.324 e. The summed E-state index contributed by atoms with van der Waals surface area (Å²) in [5.41, 5.74) is 1.26. The molecule has 13 nitrogen and oxygen atoms in total. The summed E-state index contributed by atoms with van der Waals surface area (Å²) in [5, 5.41) is 18.6. The van der Waals surface area contributed by atoms with Crippen molar-refractivity contribution >= 4 is 60.6 Å². The van der Waals surface area contributed by atoms with Crippen LogP contribution in [0, 0.1) is 6.92 Å². The molecule has 0 spiro atoms. The van der Waals surface area contributed by atoms with Crippen molar-refractivity contribution < 1.29 is 18.0 Å². The second-order valence-corrected chi connectivity index (χ2v) is 10.1. The van der Waals surface area contributed by atoms with E-state index in [2.05, 4.69) is 40.4 Å². The van der Waals surface area contributed by atoms with Crippen molar-refractivity contribution in [2.24, 2.45) is 10.2 Å². The van der Waals surface area contributed by atoms with E-state index < -0.39 is 27.8 Å². The first-order valence-corrected chi connectivity index (χ1v) is 12.3. The fourth-order valence-corrected chi connectivity index (χ4v) is 4.79. The number of amides is 1. The Kier molecular flexibility index (Phi) is 6.52. The number of aromatic amines is 2. The summed E-state index contributed by atoms with van der Waals surface area (Å²) >= 11 is 1.10. The average molecular weight is 515 g/mol. The number of carbonyl (C=O) groups is 2. The SMILES string of the molecule is CC(=O)C(N=Nc1ccc(S(=O)(=O)Nc2nnc(C)s2)cc1)C(=O)Nc1ccc2[nH]c(=O)[nH]c2c1. The smallest absolute Gasteiger partial charge is 0.323 e. The maximum Gasteiger partial charge on any atom is 0.323 e. The predicted octanol–water partition coefficient (Wildman–Crippen LogP) is 2.50. The predicted molar refractivity (Wildman–Crippen MR) is 128 cm³/mol. The van der Waals surface area contributed by atoms with E-state index >= 15 is 0 Å². The summed E-state index contributed by atoms with van der Waals surface area (Å²) in [5.74, 6) is -1.26. The second kappa shape index (κ2) is 9.55. The van der Waals surface area contributed by atoms with Gasteiger partial charge in [0.05, 0.1) is 21.6 Å². The number of ketones is 1. The van der Waals surface area contributed by atoms with Gasteiger partial charge in [-0.1, -0.05) is 11.3 Å². The van der Waals surface area contributed by atoms with E-state index in [0.717, 1.165) is 11.3 Å². The monoisotopic (exact) mass is 514 g/mol. The van der Waals surface area contributed by atoms with Gasteiger partial charge in [0.1, 0.15) is 5.01 Å². The molecule has 4 aromatic rings. The van der Waals surface area contributed by atoms with Crippen molar-refractivity contribution in [2.45, 2.75) is 24.8 Å². The number of rotatable bonds is 8. The Balaban J connectivity index is 1.46. The van der Waals surface area contributed by atoms with Crippen LogP contribution in [0.3, 0.4) is 0 Å². The van der Waals surface area contributed by atoms with Crippen molar-refractivity contribution in [3.05, 3.63) is 58.0 Å².